The molecule has 0 bridgehead atoms. The highest BCUT2D eigenvalue weighted by molar-refractivity contribution is 9.11. The molecule has 2 aromatic rings. The minimum absolute atomic E-state index is 0.143. The SMILES string of the molecule is O=C(c1ccc(Br)s1)c1c(F)c(F)c(F)c(F)c1F. The first-order valence-electron chi connectivity index (χ1n) is 4.66. The van der Waals surface area contributed by atoms with Gasteiger partial charge in [-0.3, -0.25) is 4.79 Å². The molecule has 0 saturated heterocycles. The summed E-state index contributed by atoms with van der Waals surface area (Å²) in [6, 6.07) is 2.64. The second-order valence-corrected chi connectivity index (χ2v) is 5.84. The number of carbonyl (C=O) groups is 1. The van der Waals surface area contributed by atoms with Gasteiger partial charge in [-0.15, -0.1) is 11.3 Å². The zero-order chi connectivity index (χ0) is 14.3. The van der Waals surface area contributed by atoms with Crippen LogP contribution in [-0.2, 0) is 0 Å². The maximum absolute atomic E-state index is 13.4. The van der Waals surface area contributed by atoms with Gasteiger partial charge in [-0.05, 0) is 28.1 Å². The Bertz CT molecular complexity index is 653. The Labute approximate surface area is 115 Å². The molecule has 0 N–H and O–H groups in total. The number of ketones is 1. The van der Waals surface area contributed by atoms with Crippen LogP contribution in [0.2, 0.25) is 0 Å². The molecule has 0 aliphatic carbocycles. The van der Waals surface area contributed by atoms with Crippen LogP contribution in [0.1, 0.15) is 15.2 Å². The van der Waals surface area contributed by atoms with E-state index in [9.17, 15) is 26.7 Å². The number of carbonyl (C=O) groups excluding carboxylic acids is 1. The molecule has 0 aliphatic heterocycles. The smallest absolute Gasteiger partial charge is 0.209 e. The van der Waals surface area contributed by atoms with Crippen LogP contribution in [0.25, 0.3) is 0 Å². The van der Waals surface area contributed by atoms with Crippen LogP contribution in [0, 0.1) is 29.1 Å². The normalized spacial score (nSPS) is 10.8. The van der Waals surface area contributed by atoms with Crippen molar-refractivity contribution in [1.29, 1.82) is 0 Å². The lowest BCUT2D eigenvalue weighted by atomic mass is 10.1. The van der Waals surface area contributed by atoms with Crippen molar-refractivity contribution in [2.24, 2.45) is 0 Å². The molecule has 2 rings (SSSR count). The first-order chi connectivity index (χ1) is 8.84. The molecule has 100 valence electrons. The number of benzene rings is 1. The van der Waals surface area contributed by atoms with Crippen LogP contribution in [0.15, 0.2) is 15.9 Å². The van der Waals surface area contributed by atoms with Crippen molar-refractivity contribution < 1.29 is 26.7 Å². The molecule has 0 fully saturated rings. The first kappa shape index (κ1) is 14.1. The van der Waals surface area contributed by atoms with Gasteiger partial charge in [-0.1, -0.05) is 0 Å². The Morgan fingerprint density at radius 3 is 1.79 bits per heavy atom. The Morgan fingerprint density at radius 1 is 0.895 bits per heavy atom. The molecule has 1 aromatic carbocycles. The molecular formula is C11H2BrF5OS. The zero-order valence-electron chi connectivity index (χ0n) is 8.74. The van der Waals surface area contributed by atoms with Gasteiger partial charge in [0.05, 0.1) is 8.66 Å². The minimum atomic E-state index is -2.29. The molecule has 8 heteroatoms. The summed E-state index contributed by atoms with van der Waals surface area (Å²) in [5, 5.41) is 0. The summed E-state index contributed by atoms with van der Waals surface area (Å²) in [4.78, 5) is 11.6. The van der Waals surface area contributed by atoms with Crippen molar-refractivity contribution >= 4 is 33.0 Å². The standard InChI is InChI=1S/C11H2BrF5OS/c12-4-2-1-3(19-4)11(18)5-6(13)8(15)10(17)9(16)7(5)14/h1-2H. The van der Waals surface area contributed by atoms with Gasteiger partial charge in [0.15, 0.2) is 23.3 Å². The molecular weight excluding hydrogens is 355 g/mol. The third-order valence-electron chi connectivity index (χ3n) is 2.23. The largest absolute Gasteiger partial charge is 0.287 e. The van der Waals surface area contributed by atoms with Crippen molar-refractivity contribution in [3.63, 3.8) is 0 Å². The van der Waals surface area contributed by atoms with Crippen LogP contribution in [0.3, 0.4) is 0 Å². The first-order valence-corrected chi connectivity index (χ1v) is 6.27. The summed E-state index contributed by atoms with van der Waals surface area (Å²) in [5.74, 6) is -12.1. The maximum atomic E-state index is 13.4. The second-order valence-electron chi connectivity index (χ2n) is 3.38. The predicted octanol–water partition coefficient (Wildman–Crippen LogP) is 4.44. The van der Waals surface area contributed by atoms with Gasteiger partial charge in [0.25, 0.3) is 0 Å². The molecule has 1 aromatic heterocycles. The number of thiophene rings is 1. The molecule has 0 atom stereocenters. The van der Waals surface area contributed by atoms with Crippen molar-refractivity contribution in [3.8, 4) is 0 Å². The van der Waals surface area contributed by atoms with Crippen LogP contribution in [0.5, 0.6) is 0 Å². The Balaban J connectivity index is 2.66. The summed E-state index contributed by atoms with van der Waals surface area (Å²) in [5.41, 5.74) is -1.45. The third kappa shape index (κ3) is 2.30. The fourth-order valence-corrected chi connectivity index (χ4v) is 2.70. The van der Waals surface area contributed by atoms with Crippen molar-refractivity contribution in [1.82, 2.24) is 0 Å². The van der Waals surface area contributed by atoms with E-state index in [1.807, 2.05) is 0 Å². The van der Waals surface area contributed by atoms with E-state index in [-0.39, 0.29) is 4.88 Å². The lowest BCUT2D eigenvalue weighted by molar-refractivity contribution is 0.103. The van der Waals surface area contributed by atoms with E-state index in [1.165, 1.54) is 12.1 Å². The maximum Gasteiger partial charge on any atom is 0.209 e. The average molecular weight is 357 g/mol. The summed E-state index contributed by atoms with van der Waals surface area (Å²) in [7, 11) is 0. The third-order valence-corrected chi connectivity index (χ3v) is 3.86. The monoisotopic (exact) mass is 356 g/mol. The van der Waals surface area contributed by atoms with Gasteiger partial charge < -0.3 is 0 Å². The van der Waals surface area contributed by atoms with Crippen molar-refractivity contribution in [2.75, 3.05) is 0 Å². The molecule has 19 heavy (non-hydrogen) atoms. The fourth-order valence-electron chi connectivity index (χ4n) is 1.36. The number of halogens is 6. The van der Waals surface area contributed by atoms with Gasteiger partial charge in [0.1, 0.15) is 5.56 Å². The zero-order valence-corrected chi connectivity index (χ0v) is 11.1. The molecule has 0 saturated carbocycles. The van der Waals surface area contributed by atoms with Crippen LogP contribution < -0.4 is 0 Å². The lowest BCUT2D eigenvalue weighted by Crippen LogP contribution is -2.12. The van der Waals surface area contributed by atoms with Gasteiger partial charge in [-0.25, -0.2) is 22.0 Å². The van der Waals surface area contributed by atoms with Gasteiger partial charge in [0.2, 0.25) is 11.6 Å². The lowest BCUT2D eigenvalue weighted by Gasteiger charge is -2.06. The van der Waals surface area contributed by atoms with Crippen LogP contribution >= 0.6 is 27.3 Å². The van der Waals surface area contributed by atoms with Gasteiger partial charge in [-0.2, -0.15) is 0 Å². The highest BCUT2D eigenvalue weighted by Gasteiger charge is 2.30. The molecule has 0 amide bonds. The van der Waals surface area contributed by atoms with E-state index in [2.05, 4.69) is 15.9 Å². The summed E-state index contributed by atoms with van der Waals surface area (Å²) in [6.45, 7) is 0. The molecule has 0 radical (unpaired) electrons. The highest BCUT2D eigenvalue weighted by Crippen LogP contribution is 2.29. The van der Waals surface area contributed by atoms with E-state index in [0.29, 0.717) is 3.79 Å². The molecule has 0 unspecified atom stereocenters. The highest BCUT2D eigenvalue weighted by atomic mass is 79.9. The number of rotatable bonds is 2. The topological polar surface area (TPSA) is 17.1 Å². The van der Waals surface area contributed by atoms with Crippen molar-refractivity contribution in [2.45, 2.75) is 0 Å². The summed E-state index contributed by atoms with van der Waals surface area (Å²) in [6.07, 6.45) is 0. The van der Waals surface area contributed by atoms with E-state index < -0.39 is 40.4 Å². The molecule has 1 heterocycles. The van der Waals surface area contributed by atoms with E-state index >= 15 is 0 Å². The predicted molar refractivity (Wildman–Crippen MR) is 61.7 cm³/mol. The summed E-state index contributed by atoms with van der Waals surface area (Å²) >= 11 is 3.84. The molecule has 1 nitrogen and oxygen atoms in total. The van der Waals surface area contributed by atoms with Crippen LogP contribution in [0.4, 0.5) is 22.0 Å². The van der Waals surface area contributed by atoms with Gasteiger partial charge in [0, 0.05) is 0 Å². The molecule has 0 spiro atoms. The Hall–Kier alpha value is -1.28. The number of hydrogen-bond acceptors (Lipinski definition) is 2. The Morgan fingerprint density at radius 2 is 1.37 bits per heavy atom. The Kier molecular flexibility index (Phi) is 3.73. The minimum Gasteiger partial charge on any atom is -0.287 e. The van der Waals surface area contributed by atoms with E-state index in [4.69, 9.17) is 0 Å². The molecule has 0 aliphatic rings. The van der Waals surface area contributed by atoms with Gasteiger partial charge >= 0.3 is 0 Å². The fraction of sp³-hybridized carbons (Fsp3) is 0. The van der Waals surface area contributed by atoms with Crippen molar-refractivity contribution in [3.05, 3.63) is 55.4 Å². The number of hydrogen-bond donors (Lipinski definition) is 0. The quantitative estimate of drug-likeness (QED) is 0.336. The summed E-state index contributed by atoms with van der Waals surface area (Å²) < 4.78 is 66.0. The van der Waals surface area contributed by atoms with E-state index in [1.54, 1.807) is 0 Å². The average Bonchev–Trinajstić information content (AvgIpc) is 2.81. The second kappa shape index (κ2) is 5.01. The van der Waals surface area contributed by atoms with E-state index in [0.717, 1.165) is 11.3 Å². The van der Waals surface area contributed by atoms with Crippen LogP contribution in [-0.4, -0.2) is 5.78 Å².